The average Bonchev–Trinajstić information content (AvgIpc) is 3.52. The number of benzene rings is 1. The monoisotopic (exact) mass is 553 g/mol. The molecule has 1 spiro atoms. The van der Waals surface area contributed by atoms with Gasteiger partial charge in [0, 0.05) is 44.6 Å². The maximum Gasteiger partial charge on any atom is 0.247 e. The molecule has 7 nitrogen and oxygen atoms in total. The van der Waals surface area contributed by atoms with Crippen molar-refractivity contribution in [3.8, 4) is 0 Å². The van der Waals surface area contributed by atoms with Crippen LogP contribution in [0.2, 0.25) is 0 Å². The molecule has 0 aliphatic carbocycles. The van der Waals surface area contributed by atoms with Gasteiger partial charge in [0.1, 0.15) is 6.04 Å². The molecule has 212 valence electrons. The molecule has 6 atom stereocenters. The molecule has 3 amide bonds. The van der Waals surface area contributed by atoms with E-state index >= 15 is 0 Å². The van der Waals surface area contributed by atoms with Gasteiger partial charge in [-0.1, -0.05) is 56.3 Å². The van der Waals surface area contributed by atoms with Crippen molar-refractivity contribution < 1.29 is 19.5 Å². The SMILES string of the molecule is C=CCN(Cc1ccccc1)C(=O)C1N(CCCCO)C(=O)[C@@H]2[C@@H](C(=O)N(CC=C)CCC)[C@H]3CC(C)C12S3. The third-order valence-corrected chi connectivity index (χ3v) is 10.7. The Hall–Kier alpha value is -2.58. The van der Waals surface area contributed by atoms with Crippen molar-refractivity contribution in [3.63, 3.8) is 0 Å². The Kier molecular flexibility index (Phi) is 9.60. The number of carbonyl (C=O) groups is 3. The molecule has 3 unspecified atom stereocenters. The van der Waals surface area contributed by atoms with Gasteiger partial charge in [0.2, 0.25) is 17.7 Å². The molecule has 1 N–H and O–H groups in total. The van der Waals surface area contributed by atoms with Crippen LogP contribution in [-0.2, 0) is 20.9 Å². The van der Waals surface area contributed by atoms with Crippen LogP contribution in [0.15, 0.2) is 55.6 Å². The largest absolute Gasteiger partial charge is 0.396 e. The molecule has 3 fully saturated rings. The second kappa shape index (κ2) is 12.7. The van der Waals surface area contributed by atoms with E-state index in [-0.39, 0.29) is 35.5 Å². The number of nitrogens with zero attached hydrogens (tertiary/aromatic N) is 3. The van der Waals surface area contributed by atoms with E-state index in [0.29, 0.717) is 45.6 Å². The minimum Gasteiger partial charge on any atom is -0.396 e. The second-order valence-corrected chi connectivity index (χ2v) is 12.6. The molecule has 8 heteroatoms. The van der Waals surface area contributed by atoms with E-state index in [4.69, 9.17) is 0 Å². The number of rotatable bonds is 14. The number of hydrogen-bond donors (Lipinski definition) is 1. The minimum absolute atomic E-state index is 0.0111. The summed E-state index contributed by atoms with van der Waals surface area (Å²) < 4.78 is -0.652. The summed E-state index contributed by atoms with van der Waals surface area (Å²) in [6.45, 7) is 14.2. The number of likely N-dealkylation sites (tertiary alicyclic amines) is 1. The van der Waals surface area contributed by atoms with Crippen LogP contribution in [0.3, 0.4) is 0 Å². The van der Waals surface area contributed by atoms with Crippen molar-refractivity contribution in [2.24, 2.45) is 17.8 Å². The topological polar surface area (TPSA) is 81.2 Å². The van der Waals surface area contributed by atoms with Crippen molar-refractivity contribution in [1.29, 1.82) is 0 Å². The molecular weight excluding hydrogens is 510 g/mol. The van der Waals surface area contributed by atoms with E-state index in [1.54, 1.807) is 33.7 Å². The van der Waals surface area contributed by atoms with E-state index in [1.807, 2.05) is 42.2 Å². The number of fused-ring (bicyclic) bond motifs is 1. The molecule has 3 heterocycles. The number of aliphatic hydroxyl groups excluding tert-OH is 1. The van der Waals surface area contributed by atoms with Crippen molar-refractivity contribution >= 4 is 29.5 Å². The first kappa shape index (κ1) is 29.4. The Morgan fingerprint density at radius 2 is 1.82 bits per heavy atom. The molecule has 0 saturated carbocycles. The van der Waals surface area contributed by atoms with Crippen LogP contribution in [0.4, 0.5) is 0 Å². The molecule has 3 saturated heterocycles. The lowest BCUT2D eigenvalue weighted by Gasteiger charge is -2.41. The highest BCUT2D eigenvalue weighted by Crippen LogP contribution is 2.69. The zero-order valence-corrected chi connectivity index (χ0v) is 24.2. The van der Waals surface area contributed by atoms with Gasteiger partial charge < -0.3 is 19.8 Å². The third-order valence-electron chi connectivity index (χ3n) is 8.60. The Morgan fingerprint density at radius 1 is 1.13 bits per heavy atom. The summed E-state index contributed by atoms with van der Waals surface area (Å²) >= 11 is 1.71. The zero-order valence-electron chi connectivity index (χ0n) is 23.3. The number of aliphatic hydroxyl groups is 1. The van der Waals surface area contributed by atoms with Crippen LogP contribution in [-0.4, -0.2) is 86.4 Å². The van der Waals surface area contributed by atoms with Crippen LogP contribution in [0.25, 0.3) is 0 Å². The van der Waals surface area contributed by atoms with Gasteiger partial charge in [0.05, 0.1) is 16.6 Å². The summed E-state index contributed by atoms with van der Waals surface area (Å²) in [6, 6.07) is 9.21. The molecule has 4 rings (SSSR count). The first-order valence-electron chi connectivity index (χ1n) is 14.3. The highest BCUT2D eigenvalue weighted by molar-refractivity contribution is 8.02. The summed E-state index contributed by atoms with van der Waals surface area (Å²) in [5.74, 6) is -1.01. The van der Waals surface area contributed by atoms with Gasteiger partial charge in [-0.15, -0.1) is 24.9 Å². The minimum atomic E-state index is -0.654. The first-order valence-corrected chi connectivity index (χ1v) is 15.2. The summed E-state index contributed by atoms with van der Waals surface area (Å²) in [7, 11) is 0. The van der Waals surface area contributed by atoms with Crippen LogP contribution in [0, 0.1) is 17.8 Å². The lowest BCUT2D eigenvalue weighted by molar-refractivity contribution is -0.145. The fourth-order valence-corrected chi connectivity index (χ4v) is 9.42. The van der Waals surface area contributed by atoms with Gasteiger partial charge in [-0.05, 0) is 37.2 Å². The Morgan fingerprint density at radius 3 is 2.46 bits per heavy atom. The van der Waals surface area contributed by atoms with Crippen molar-refractivity contribution in [2.45, 2.75) is 62.1 Å². The highest BCUT2D eigenvalue weighted by atomic mass is 32.2. The average molecular weight is 554 g/mol. The van der Waals surface area contributed by atoms with E-state index < -0.39 is 22.6 Å². The Bertz CT molecular complexity index is 1070. The van der Waals surface area contributed by atoms with Crippen LogP contribution < -0.4 is 0 Å². The maximum atomic E-state index is 14.5. The molecule has 1 aromatic carbocycles. The predicted molar refractivity (Wildman–Crippen MR) is 156 cm³/mol. The summed E-state index contributed by atoms with van der Waals surface area (Å²) in [6.07, 6.45) is 6.28. The fraction of sp³-hybridized carbons (Fsp3) is 0.581. The van der Waals surface area contributed by atoms with Gasteiger partial charge in [-0.2, -0.15) is 0 Å². The van der Waals surface area contributed by atoms with E-state index in [2.05, 4.69) is 20.1 Å². The molecule has 2 bridgehead atoms. The van der Waals surface area contributed by atoms with Gasteiger partial charge in [0.15, 0.2) is 0 Å². The van der Waals surface area contributed by atoms with E-state index in [9.17, 15) is 19.5 Å². The molecule has 3 aliphatic heterocycles. The van der Waals surface area contributed by atoms with Gasteiger partial charge in [-0.25, -0.2) is 0 Å². The van der Waals surface area contributed by atoms with Gasteiger partial charge in [0.25, 0.3) is 0 Å². The smallest absolute Gasteiger partial charge is 0.247 e. The quantitative estimate of drug-likeness (QED) is 0.281. The van der Waals surface area contributed by atoms with Crippen LogP contribution in [0.1, 0.15) is 45.1 Å². The van der Waals surface area contributed by atoms with Crippen LogP contribution >= 0.6 is 11.8 Å². The van der Waals surface area contributed by atoms with Crippen molar-refractivity contribution in [3.05, 3.63) is 61.2 Å². The Balaban J connectivity index is 1.74. The van der Waals surface area contributed by atoms with E-state index in [0.717, 1.165) is 18.4 Å². The lowest BCUT2D eigenvalue weighted by Crippen LogP contribution is -2.57. The standard InChI is InChI=1S/C31H43N3O4S/c1-5-15-32(16-6-2)28(36)25-24-20-22(4)31(39-24)26(25)29(37)34(18-11-12-19-35)27(31)30(38)33(17-7-3)21-23-13-9-8-10-14-23/h5,7-10,13-14,22,24-27,35H,1,3,6,11-12,15-21H2,2,4H3/t22?,24-,25+,26+,27?,31?/m1/s1. The number of carbonyl (C=O) groups excluding carboxylic acids is 3. The fourth-order valence-electron chi connectivity index (χ4n) is 7.01. The van der Waals surface area contributed by atoms with Gasteiger partial charge in [-0.3, -0.25) is 14.4 Å². The van der Waals surface area contributed by atoms with Crippen molar-refractivity contribution in [2.75, 3.05) is 32.8 Å². The van der Waals surface area contributed by atoms with E-state index in [1.165, 1.54) is 0 Å². The van der Waals surface area contributed by atoms with Gasteiger partial charge >= 0.3 is 0 Å². The summed E-state index contributed by atoms with van der Waals surface area (Å²) in [5.41, 5.74) is 1.02. The molecule has 0 aromatic heterocycles. The highest BCUT2D eigenvalue weighted by Gasteiger charge is 2.76. The molecular formula is C31H43N3O4S. The second-order valence-electron chi connectivity index (χ2n) is 11.1. The van der Waals surface area contributed by atoms with Crippen LogP contribution in [0.5, 0.6) is 0 Å². The Labute approximate surface area is 237 Å². The zero-order chi connectivity index (χ0) is 28.2. The number of amides is 3. The number of unbranched alkanes of at least 4 members (excludes halogenated alkanes) is 1. The lowest BCUT2D eigenvalue weighted by atomic mass is 9.65. The third kappa shape index (κ3) is 5.30. The molecule has 0 radical (unpaired) electrons. The predicted octanol–water partition coefficient (Wildman–Crippen LogP) is 3.74. The normalized spacial score (nSPS) is 28.8. The molecule has 39 heavy (non-hydrogen) atoms. The number of thioether (sulfide) groups is 1. The molecule has 1 aromatic rings. The summed E-state index contributed by atoms with van der Waals surface area (Å²) in [4.78, 5) is 48.2. The first-order chi connectivity index (χ1) is 18.8. The van der Waals surface area contributed by atoms with Crippen molar-refractivity contribution in [1.82, 2.24) is 14.7 Å². The molecule has 3 aliphatic rings. The summed E-state index contributed by atoms with van der Waals surface area (Å²) in [5, 5.41) is 9.45. The number of hydrogen-bond acceptors (Lipinski definition) is 5. The maximum absolute atomic E-state index is 14.5.